The molecule has 1 fully saturated rings. The maximum Gasteiger partial charge on any atom is 0.232 e. The maximum atomic E-state index is 12.8. The van der Waals surface area contributed by atoms with E-state index in [2.05, 4.69) is 25.9 Å². The van der Waals surface area contributed by atoms with E-state index in [1.54, 1.807) is 6.20 Å². The first kappa shape index (κ1) is 17.8. The number of ketones is 1. The van der Waals surface area contributed by atoms with Gasteiger partial charge in [-0.1, -0.05) is 47.3 Å². The second-order valence-corrected chi connectivity index (χ2v) is 7.66. The van der Waals surface area contributed by atoms with Crippen molar-refractivity contribution in [3.05, 3.63) is 58.1 Å². The first-order valence-electron chi connectivity index (χ1n) is 8.61. The molecule has 1 aliphatic carbocycles. The number of Topliss-reactive ketones (excluding diaryl/α,β-unsaturated/α-hetero) is 1. The van der Waals surface area contributed by atoms with Gasteiger partial charge in [-0.25, -0.2) is 9.97 Å². The molecule has 25 heavy (non-hydrogen) atoms. The number of nitriles is 1. The fourth-order valence-electron chi connectivity index (χ4n) is 3.77. The number of aromatic nitrogens is 2. The van der Waals surface area contributed by atoms with Gasteiger partial charge >= 0.3 is 0 Å². The van der Waals surface area contributed by atoms with Crippen molar-refractivity contribution < 1.29 is 4.79 Å². The van der Waals surface area contributed by atoms with E-state index in [0.717, 1.165) is 41.4 Å². The van der Waals surface area contributed by atoms with Crippen LogP contribution in [0.5, 0.6) is 0 Å². The molecule has 5 heteroatoms. The zero-order chi connectivity index (χ0) is 17.7. The molecule has 0 saturated heterocycles. The molecule has 3 rings (SSSR count). The summed E-state index contributed by atoms with van der Waals surface area (Å²) in [4.78, 5) is 21.2. The standard InChI is InChI=1S/C20H20BrN3O/c21-16-6-4-5-15(11-16)12-17(25)13-20(8-2-1-3-9-20)18-7-10-23-19(14-22)24-18/h4-7,10-11H,1-3,8-9,12-13H2. The van der Waals surface area contributed by atoms with E-state index in [1.165, 1.54) is 6.42 Å². The van der Waals surface area contributed by atoms with Crippen molar-refractivity contribution >= 4 is 21.7 Å². The molecule has 1 heterocycles. The molecule has 1 saturated carbocycles. The molecule has 128 valence electrons. The molecule has 0 spiro atoms. The van der Waals surface area contributed by atoms with Gasteiger partial charge in [0.25, 0.3) is 0 Å². The Morgan fingerprint density at radius 2 is 2.04 bits per heavy atom. The summed E-state index contributed by atoms with van der Waals surface area (Å²) in [5, 5.41) is 9.10. The Labute approximate surface area is 156 Å². The SMILES string of the molecule is N#Cc1nccc(C2(CC(=O)Cc3cccc(Br)c3)CCCCC2)n1. The van der Waals surface area contributed by atoms with Crippen molar-refractivity contribution in [1.29, 1.82) is 5.26 Å². The molecule has 0 atom stereocenters. The predicted molar refractivity (Wildman–Crippen MR) is 99.0 cm³/mol. The number of halogens is 1. The average Bonchev–Trinajstić information content (AvgIpc) is 2.62. The topological polar surface area (TPSA) is 66.6 Å². The third-order valence-electron chi connectivity index (χ3n) is 4.94. The quantitative estimate of drug-likeness (QED) is 0.743. The monoisotopic (exact) mass is 397 g/mol. The molecule has 4 nitrogen and oxygen atoms in total. The number of hydrogen-bond donors (Lipinski definition) is 0. The molecule has 0 radical (unpaired) electrons. The van der Waals surface area contributed by atoms with Gasteiger partial charge in [0, 0.05) is 28.9 Å². The van der Waals surface area contributed by atoms with Crippen molar-refractivity contribution in [2.24, 2.45) is 0 Å². The van der Waals surface area contributed by atoms with E-state index in [4.69, 9.17) is 5.26 Å². The third kappa shape index (κ3) is 4.32. The summed E-state index contributed by atoms with van der Waals surface area (Å²) >= 11 is 3.45. The Balaban J connectivity index is 1.83. The van der Waals surface area contributed by atoms with Crippen LogP contribution in [0.2, 0.25) is 0 Å². The molecule has 0 bridgehead atoms. The molecule has 2 aromatic rings. The molecule has 0 amide bonds. The summed E-state index contributed by atoms with van der Waals surface area (Å²) in [6.45, 7) is 0. The Bertz CT molecular complexity index is 807. The fourth-order valence-corrected chi connectivity index (χ4v) is 4.22. The Kier molecular flexibility index (Phi) is 5.60. The normalized spacial score (nSPS) is 16.2. The maximum absolute atomic E-state index is 12.8. The van der Waals surface area contributed by atoms with Crippen LogP contribution >= 0.6 is 15.9 Å². The molecule has 0 unspecified atom stereocenters. The zero-order valence-corrected chi connectivity index (χ0v) is 15.6. The number of nitrogens with zero attached hydrogens (tertiary/aromatic N) is 3. The Hall–Kier alpha value is -2.06. The Morgan fingerprint density at radius 3 is 2.76 bits per heavy atom. The van der Waals surface area contributed by atoms with Crippen LogP contribution in [0.1, 0.15) is 55.6 Å². The molecule has 1 aliphatic rings. The summed E-state index contributed by atoms with van der Waals surface area (Å²) in [6, 6.07) is 11.8. The highest BCUT2D eigenvalue weighted by atomic mass is 79.9. The van der Waals surface area contributed by atoms with Gasteiger partial charge in [-0.2, -0.15) is 5.26 Å². The smallest absolute Gasteiger partial charge is 0.232 e. The highest BCUT2D eigenvalue weighted by Gasteiger charge is 2.37. The summed E-state index contributed by atoms with van der Waals surface area (Å²) in [5.74, 6) is 0.402. The molecule has 0 N–H and O–H groups in total. The lowest BCUT2D eigenvalue weighted by atomic mass is 9.68. The van der Waals surface area contributed by atoms with E-state index >= 15 is 0 Å². The summed E-state index contributed by atoms with van der Waals surface area (Å²) in [6.07, 6.45) is 7.80. The number of benzene rings is 1. The highest BCUT2D eigenvalue weighted by Crippen LogP contribution is 2.41. The lowest BCUT2D eigenvalue weighted by Gasteiger charge is -2.36. The van der Waals surface area contributed by atoms with Crippen molar-refractivity contribution in [2.45, 2.75) is 50.4 Å². The Morgan fingerprint density at radius 1 is 1.24 bits per heavy atom. The van der Waals surface area contributed by atoms with Crippen LogP contribution in [0, 0.1) is 11.3 Å². The van der Waals surface area contributed by atoms with E-state index in [1.807, 2.05) is 36.4 Å². The molecular weight excluding hydrogens is 378 g/mol. The number of carbonyl (C=O) groups excluding carboxylic acids is 1. The van der Waals surface area contributed by atoms with Gasteiger partial charge in [0.05, 0.1) is 5.69 Å². The lowest BCUT2D eigenvalue weighted by molar-refractivity contribution is -0.120. The van der Waals surface area contributed by atoms with E-state index in [0.29, 0.717) is 12.8 Å². The van der Waals surface area contributed by atoms with Crippen molar-refractivity contribution in [1.82, 2.24) is 9.97 Å². The molecule has 0 aliphatic heterocycles. The first-order valence-corrected chi connectivity index (χ1v) is 9.40. The average molecular weight is 398 g/mol. The van der Waals surface area contributed by atoms with E-state index in [9.17, 15) is 4.79 Å². The van der Waals surface area contributed by atoms with Gasteiger partial charge in [-0.3, -0.25) is 4.79 Å². The van der Waals surface area contributed by atoms with Crippen LogP contribution in [0.25, 0.3) is 0 Å². The van der Waals surface area contributed by atoms with Crippen LogP contribution in [-0.4, -0.2) is 15.8 Å². The van der Waals surface area contributed by atoms with Crippen molar-refractivity contribution in [3.63, 3.8) is 0 Å². The summed E-state index contributed by atoms with van der Waals surface area (Å²) < 4.78 is 0.986. The van der Waals surface area contributed by atoms with Crippen LogP contribution in [-0.2, 0) is 16.6 Å². The molecule has 1 aromatic carbocycles. The van der Waals surface area contributed by atoms with Crippen LogP contribution in [0.15, 0.2) is 41.0 Å². The van der Waals surface area contributed by atoms with E-state index < -0.39 is 0 Å². The predicted octanol–water partition coefficient (Wildman–Crippen LogP) is 4.51. The van der Waals surface area contributed by atoms with Gasteiger partial charge < -0.3 is 0 Å². The van der Waals surface area contributed by atoms with Crippen LogP contribution in [0.4, 0.5) is 0 Å². The summed E-state index contributed by atoms with van der Waals surface area (Å²) in [5.41, 5.74) is 1.61. The number of rotatable bonds is 5. The van der Waals surface area contributed by atoms with Gasteiger partial charge in [0.15, 0.2) is 0 Å². The van der Waals surface area contributed by atoms with Gasteiger partial charge in [-0.05, 0) is 36.6 Å². The number of hydrogen-bond acceptors (Lipinski definition) is 4. The van der Waals surface area contributed by atoms with Crippen LogP contribution in [0.3, 0.4) is 0 Å². The second kappa shape index (κ2) is 7.88. The first-order chi connectivity index (χ1) is 12.1. The second-order valence-electron chi connectivity index (χ2n) is 6.74. The minimum absolute atomic E-state index is 0.182. The van der Waals surface area contributed by atoms with Crippen molar-refractivity contribution in [3.8, 4) is 6.07 Å². The zero-order valence-electron chi connectivity index (χ0n) is 14.0. The minimum atomic E-state index is -0.254. The summed E-state index contributed by atoms with van der Waals surface area (Å²) in [7, 11) is 0. The molecule has 1 aromatic heterocycles. The van der Waals surface area contributed by atoms with Crippen LogP contribution < -0.4 is 0 Å². The van der Waals surface area contributed by atoms with Gasteiger partial charge in [-0.15, -0.1) is 0 Å². The third-order valence-corrected chi connectivity index (χ3v) is 5.43. The van der Waals surface area contributed by atoms with Gasteiger partial charge in [0.1, 0.15) is 11.9 Å². The van der Waals surface area contributed by atoms with Crippen molar-refractivity contribution in [2.75, 3.05) is 0 Å². The lowest BCUT2D eigenvalue weighted by Crippen LogP contribution is -2.33. The highest BCUT2D eigenvalue weighted by molar-refractivity contribution is 9.10. The largest absolute Gasteiger partial charge is 0.299 e. The molecular formula is C20H20BrN3O. The van der Waals surface area contributed by atoms with Gasteiger partial charge in [0.2, 0.25) is 5.82 Å². The number of carbonyl (C=O) groups is 1. The van der Waals surface area contributed by atoms with E-state index in [-0.39, 0.29) is 17.0 Å². The fraction of sp³-hybridized carbons (Fsp3) is 0.400. The minimum Gasteiger partial charge on any atom is -0.299 e.